The molecule has 3 aromatic carbocycles. The van der Waals surface area contributed by atoms with Gasteiger partial charge >= 0.3 is 0 Å². The third kappa shape index (κ3) is 5.26. The minimum atomic E-state index is -3.85. The number of ether oxygens (including phenoxy) is 1. The first-order chi connectivity index (χ1) is 15.2. The summed E-state index contributed by atoms with van der Waals surface area (Å²) in [7, 11) is -0.799. The summed E-state index contributed by atoms with van der Waals surface area (Å²) in [5, 5.41) is 0. The molecule has 3 aromatic rings. The summed E-state index contributed by atoms with van der Waals surface area (Å²) in [6.45, 7) is 2.22. The fourth-order valence-corrected chi connectivity index (χ4v) is 4.26. The highest BCUT2D eigenvalue weighted by molar-refractivity contribution is 7.92. The van der Waals surface area contributed by atoms with Crippen molar-refractivity contribution in [3.63, 3.8) is 0 Å². The van der Waals surface area contributed by atoms with E-state index in [0.29, 0.717) is 5.69 Å². The van der Waals surface area contributed by atoms with Crippen LogP contribution in [-0.2, 0) is 10.0 Å². The second-order valence-electron chi connectivity index (χ2n) is 7.34. The number of hydrogen-bond acceptors (Lipinski definition) is 4. The van der Waals surface area contributed by atoms with Crippen molar-refractivity contribution in [3.8, 4) is 5.75 Å². The molecule has 0 unspecified atom stereocenters. The molecule has 0 aromatic heterocycles. The molecule has 0 atom stereocenters. The minimum Gasteiger partial charge on any atom is -0.489 e. The molecule has 168 valence electrons. The number of halogens is 1. The van der Waals surface area contributed by atoms with E-state index < -0.39 is 15.8 Å². The van der Waals surface area contributed by atoms with Gasteiger partial charge in [0.25, 0.3) is 15.9 Å². The first-order valence-electron chi connectivity index (χ1n) is 9.98. The predicted octanol–water partition coefficient (Wildman–Crippen LogP) is 4.11. The number of nitrogens with zero attached hydrogens (tertiary/aromatic N) is 2. The topological polar surface area (TPSA) is 66.9 Å². The number of rotatable bonds is 8. The maximum Gasteiger partial charge on any atom is 0.264 e. The summed E-state index contributed by atoms with van der Waals surface area (Å²) in [5.74, 6) is -0.727. The first-order valence-corrected chi connectivity index (χ1v) is 11.4. The molecule has 0 aliphatic rings. The zero-order valence-corrected chi connectivity index (χ0v) is 19.0. The average molecular weight is 457 g/mol. The fraction of sp³-hybridized carbons (Fsp3) is 0.208. The van der Waals surface area contributed by atoms with Crippen LogP contribution in [-0.4, -0.2) is 46.5 Å². The van der Waals surface area contributed by atoms with Crippen LogP contribution in [0.3, 0.4) is 0 Å². The summed E-state index contributed by atoms with van der Waals surface area (Å²) in [5.41, 5.74) is 1.78. The highest BCUT2D eigenvalue weighted by Gasteiger charge is 2.23. The van der Waals surface area contributed by atoms with Gasteiger partial charge in [0.05, 0.1) is 17.1 Å². The van der Waals surface area contributed by atoms with Crippen molar-refractivity contribution in [3.05, 3.63) is 89.7 Å². The van der Waals surface area contributed by atoms with Crippen LogP contribution in [0.25, 0.3) is 0 Å². The molecule has 1 amide bonds. The van der Waals surface area contributed by atoms with E-state index in [1.54, 1.807) is 37.4 Å². The zero-order chi connectivity index (χ0) is 23.3. The number of carbonyl (C=O) groups is 1. The summed E-state index contributed by atoms with van der Waals surface area (Å²) < 4.78 is 46.3. The largest absolute Gasteiger partial charge is 0.489 e. The van der Waals surface area contributed by atoms with Gasteiger partial charge in [0, 0.05) is 19.7 Å². The first kappa shape index (κ1) is 23.3. The van der Waals surface area contributed by atoms with Crippen LogP contribution in [0, 0.1) is 12.7 Å². The van der Waals surface area contributed by atoms with Crippen molar-refractivity contribution in [1.29, 1.82) is 0 Å². The van der Waals surface area contributed by atoms with Gasteiger partial charge in [-0.15, -0.1) is 0 Å². The van der Waals surface area contributed by atoms with Gasteiger partial charge in [-0.25, -0.2) is 12.8 Å². The molecule has 6 nitrogen and oxygen atoms in total. The molecule has 0 bridgehead atoms. The Morgan fingerprint density at radius 1 is 0.969 bits per heavy atom. The average Bonchev–Trinajstić information content (AvgIpc) is 2.80. The summed E-state index contributed by atoms with van der Waals surface area (Å²) >= 11 is 0. The number of amides is 1. The molecule has 3 rings (SSSR count). The molecule has 0 fully saturated rings. The van der Waals surface area contributed by atoms with Crippen molar-refractivity contribution in [1.82, 2.24) is 4.90 Å². The number of benzene rings is 3. The second-order valence-corrected chi connectivity index (χ2v) is 9.31. The lowest BCUT2D eigenvalue weighted by molar-refractivity contribution is 0.0772. The Morgan fingerprint density at radius 2 is 1.66 bits per heavy atom. The van der Waals surface area contributed by atoms with E-state index in [1.807, 2.05) is 19.1 Å². The van der Waals surface area contributed by atoms with Gasteiger partial charge in [0.1, 0.15) is 6.61 Å². The van der Waals surface area contributed by atoms with Gasteiger partial charge in [0.2, 0.25) is 0 Å². The number of carbonyl (C=O) groups excluding carboxylic acids is 1. The zero-order valence-electron chi connectivity index (χ0n) is 18.2. The molecule has 0 aliphatic heterocycles. The molecule has 0 spiro atoms. The third-order valence-electron chi connectivity index (χ3n) is 5.00. The van der Waals surface area contributed by atoms with Gasteiger partial charge in [0.15, 0.2) is 11.6 Å². The maximum absolute atomic E-state index is 13.6. The summed E-state index contributed by atoms with van der Waals surface area (Å²) in [6, 6.07) is 19.1. The number of anilines is 1. The van der Waals surface area contributed by atoms with E-state index in [9.17, 15) is 17.6 Å². The van der Waals surface area contributed by atoms with Crippen LogP contribution in [0.5, 0.6) is 5.75 Å². The third-order valence-corrected chi connectivity index (χ3v) is 6.79. The highest BCUT2D eigenvalue weighted by Crippen LogP contribution is 2.23. The van der Waals surface area contributed by atoms with Crippen molar-refractivity contribution in [2.45, 2.75) is 11.8 Å². The molecule has 0 radical (unpaired) electrons. The SMILES string of the molecule is Cc1ccc(N(C)S(=O)(=O)c2cccc(C(=O)N(C)CCOc3ccccc3F)c2)cc1. The monoisotopic (exact) mass is 456 g/mol. The molecule has 0 saturated carbocycles. The molecule has 0 saturated heterocycles. The number of aryl methyl sites for hydroxylation is 1. The Kier molecular flexibility index (Phi) is 7.15. The van der Waals surface area contributed by atoms with E-state index in [-0.39, 0.29) is 35.3 Å². The normalized spacial score (nSPS) is 11.1. The van der Waals surface area contributed by atoms with E-state index in [0.717, 1.165) is 5.56 Å². The minimum absolute atomic E-state index is 0.0161. The van der Waals surface area contributed by atoms with Crippen LogP contribution in [0.2, 0.25) is 0 Å². The van der Waals surface area contributed by atoms with Crippen LogP contribution >= 0.6 is 0 Å². The van der Waals surface area contributed by atoms with Gasteiger partial charge in [-0.1, -0.05) is 35.9 Å². The Hall–Kier alpha value is -3.39. The Labute approximate surface area is 187 Å². The predicted molar refractivity (Wildman–Crippen MR) is 122 cm³/mol. The van der Waals surface area contributed by atoms with Crippen molar-refractivity contribution < 1.29 is 22.3 Å². The second kappa shape index (κ2) is 9.82. The Morgan fingerprint density at radius 3 is 2.34 bits per heavy atom. The molecule has 0 heterocycles. The lowest BCUT2D eigenvalue weighted by Crippen LogP contribution is -2.31. The number of likely N-dealkylation sites (N-methyl/N-ethyl adjacent to an activating group) is 1. The quantitative estimate of drug-likeness (QED) is 0.512. The van der Waals surface area contributed by atoms with Gasteiger partial charge in [-0.2, -0.15) is 0 Å². The Bertz CT molecular complexity index is 1200. The summed E-state index contributed by atoms with van der Waals surface area (Å²) in [6.07, 6.45) is 0. The van der Waals surface area contributed by atoms with Crippen LogP contribution in [0.1, 0.15) is 15.9 Å². The summed E-state index contributed by atoms with van der Waals surface area (Å²) in [4.78, 5) is 14.2. The highest BCUT2D eigenvalue weighted by atomic mass is 32.2. The molecule has 8 heteroatoms. The van der Waals surface area contributed by atoms with Gasteiger partial charge in [-0.3, -0.25) is 9.10 Å². The lowest BCUT2D eigenvalue weighted by Gasteiger charge is -2.21. The molecule has 0 aliphatic carbocycles. The molecule has 0 N–H and O–H groups in total. The van der Waals surface area contributed by atoms with Crippen LogP contribution < -0.4 is 9.04 Å². The lowest BCUT2D eigenvalue weighted by atomic mass is 10.2. The fourth-order valence-electron chi connectivity index (χ4n) is 3.02. The number of hydrogen-bond donors (Lipinski definition) is 0. The van der Waals surface area contributed by atoms with Crippen molar-refractivity contribution >= 4 is 21.6 Å². The van der Waals surface area contributed by atoms with Crippen LogP contribution in [0.15, 0.2) is 77.7 Å². The van der Waals surface area contributed by atoms with Gasteiger partial charge < -0.3 is 9.64 Å². The van der Waals surface area contributed by atoms with Crippen molar-refractivity contribution in [2.75, 3.05) is 31.6 Å². The standard InChI is InChI=1S/C24H25FN2O4S/c1-18-11-13-20(14-12-18)27(3)32(29,30)21-8-6-7-19(17-21)24(28)26(2)15-16-31-23-10-5-4-9-22(23)25/h4-14,17H,15-16H2,1-3H3. The van der Waals surface area contributed by atoms with Crippen molar-refractivity contribution in [2.24, 2.45) is 0 Å². The molecular formula is C24H25FN2O4S. The van der Waals surface area contributed by atoms with E-state index in [4.69, 9.17) is 4.74 Å². The molecular weight excluding hydrogens is 431 g/mol. The maximum atomic E-state index is 13.6. The Balaban J connectivity index is 1.70. The van der Waals surface area contributed by atoms with Gasteiger partial charge in [-0.05, 0) is 49.4 Å². The van der Waals surface area contributed by atoms with Crippen LogP contribution in [0.4, 0.5) is 10.1 Å². The molecule has 32 heavy (non-hydrogen) atoms. The van der Waals surface area contributed by atoms with E-state index >= 15 is 0 Å². The number of sulfonamides is 1. The van der Waals surface area contributed by atoms with E-state index in [1.165, 1.54) is 46.6 Å². The smallest absolute Gasteiger partial charge is 0.264 e. The van der Waals surface area contributed by atoms with E-state index in [2.05, 4.69) is 0 Å². The number of para-hydroxylation sites is 1.